The number of allylic oxidation sites excluding steroid dienone is 4. The Kier molecular flexibility index (Phi) is 2.07. The summed E-state index contributed by atoms with van der Waals surface area (Å²) in [5, 5.41) is 0.949. The maximum atomic E-state index is 11.9. The van der Waals surface area contributed by atoms with Crippen LogP contribution in [0.4, 0.5) is 0 Å². The van der Waals surface area contributed by atoms with Gasteiger partial charge in [0.25, 0.3) is 0 Å². The smallest absolute Gasteiger partial charge is 0.159 e. The van der Waals surface area contributed by atoms with Gasteiger partial charge in [-0.2, -0.15) is 0 Å². The first-order valence-corrected chi connectivity index (χ1v) is 6.14. The van der Waals surface area contributed by atoms with E-state index in [1.54, 1.807) is 6.08 Å². The highest BCUT2D eigenvalue weighted by atomic mass is 35.5. The van der Waals surface area contributed by atoms with Crippen LogP contribution in [-0.4, -0.2) is 5.78 Å². The maximum absolute atomic E-state index is 11.9. The molecule has 2 heteroatoms. The van der Waals surface area contributed by atoms with Crippen molar-refractivity contribution in [2.24, 2.45) is 23.7 Å². The van der Waals surface area contributed by atoms with Crippen molar-refractivity contribution >= 4 is 17.4 Å². The molecule has 0 aromatic carbocycles. The van der Waals surface area contributed by atoms with E-state index in [0.717, 1.165) is 11.5 Å². The fraction of sp³-hybridized carbons (Fsp3) is 0.615. The molecule has 0 aromatic rings. The molecule has 2 unspecified atom stereocenters. The summed E-state index contributed by atoms with van der Waals surface area (Å²) in [4.78, 5) is 11.9. The Morgan fingerprint density at radius 3 is 2.80 bits per heavy atom. The van der Waals surface area contributed by atoms with Crippen LogP contribution in [0.5, 0.6) is 0 Å². The molecule has 15 heavy (non-hydrogen) atoms. The normalized spacial score (nSPS) is 45.9. The highest BCUT2D eigenvalue weighted by Gasteiger charge is 2.54. The Labute approximate surface area is 95.2 Å². The molecule has 80 valence electrons. The van der Waals surface area contributed by atoms with Gasteiger partial charge in [0, 0.05) is 11.0 Å². The molecular formula is C13H15ClO. The number of ketones is 1. The van der Waals surface area contributed by atoms with Crippen molar-refractivity contribution in [3.05, 3.63) is 22.8 Å². The first kappa shape index (κ1) is 9.65. The van der Waals surface area contributed by atoms with E-state index in [1.165, 1.54) is 18.4 Å². The van der Waals surface area contributed by atoms with E-state index in [1.807, 2.05) is 13.0 Å². The van der Waals surface area contributed by atoms with E-state index in [4.69, 9.17) is 11.6 Å². The van der Waals surface area contributed by atoms with Gasteiger partial charge >= 0.3 is 0 Å². The van der Waals surface area contributed by atoms with Crippen LogP contribution in [0.2, 0.25) is 0 Å². The minimum Gasteiger partial charge on any atom is -0.295 e. The molecule has 0 N–H and O–H groups in total. The fourth-order valence-electron chi connectivity index (χ4n) is 4.00. The average molecular weight is 223 g/mol. The molecule has 0 heterocycles. The van der Waals surface area contributed by atoms with Gasteiger partial charge in [-0.15, -0.1) is 0 Å². The number of halogens is 1. The molecule has 0 radical (unpaired) electrons. The molecule has 0 saturated heterocycles. The number of carbonyl (C=O) groups is 1. The number of carbonyl (C=O) groups excluding carboxylic acids is 1. The molecule has 3 aliphatic rings. The summed E-state index contributed by atoms with van der Waals surface area (Å²) >= 11 is 6.17. The van der Waals surface area contributed by atoms with E-state index >= 15 is 0 Å². The fourth-order valence-corrected chi connectivity index (χ4v) is 4.28. The molecule has 0 aliphatic heterocycles. The van der Waals surface area contributed by atoms with Crippen molar-refractivity contribution in [2.75, 3.05) is 0 Å². The molecule has 2 fully saturated rings. The maximum Gasteiger partial charge on any atom is 0.159 e. The Balaban J connectivity index is 2.06. The van der Waals surface area contributed by atoms with Crippen molar-refractivity contribution < 1.29 is 4.79 Å². The third kappa shape index (κ3) is 1.19. The molecule has 0 aromatic heterocycles. The predicted octanol–water partition coefficient (Wildman–Crippen LogP) is 3.30. The number of hydrogen-bond acceptors (Lipinski definition) is 1. The van der Waals surface area contributed by atoms with Gasteiger partial charge in [0.2, 0.25) is 0 Å². The zero-order chi connectivity index (χ0) is 10.6. The van der Waals surface area contributed by atoms with E-state index < -0.39 is 0 Å². The molecular weight excluding hydrogens is 208 g/mol. The minimum atomic E-state index is 0.262. The molecule has 3 rings (SSSR count). The first-order valence-electron chi connectivity index (χ1n) is 5.76. The van der Waals surface area contributed by atoms with E-state index in [2.05, 4.69) is 0 Å². The van der Waals surface area contributed by atoms with Crippen molar-refractivity contribution in [2.45, 2.75) is 26.2 Å². The molecule has 2 saturated carbocycles. The highest BCUT2D eigenvalue weighted by molar-refractivity contribution is 6.29. The lowest BCUT2D eigenvalue weighted by Crippen LogP contribution is -2.30. The zero-order valence-corrected chi connectivity index (χ0v) is 9.63. The molecule has 0 amide bonds. The van der Waals surface area contributed by atoms with Crippen LogP contribution in [0.15, 0.2) is 22.8 Å². The van der Waals surface area contributed by atoms with Crippen LogP contribution in [0.1, 0.15) is 26.2 Å². The van der Waals surface area contributed by atoms with Gasteiger partial charge in [-0.05, 0) is 55.6 Å². The molecule has 0 spiro atoms. The Bertz CT molecular complexity index is 376. The van der Waals surface area contributed by atoms with Gasteiger partial charge in [-0.25, -0.2) is 0 Å². The second-order valence-corrected chi connectivity index (χ2v) is 5.58. The van der Waals surface area contributed by atoms with Gasteiger partial charge in [0.15, 0.2) is 5.78 Å². The van der Waals surface area contributed by atoms with Crippen molar-refractivity contribution in [1.29, 1.82) is 0 Å². The van der Waals surface area contributed by atoms with Gasteiger partial charge in [0.05, 0.1) is 0 Å². The predicted molar refractivity (Wildman–Crippen MR) is 60.5 cm³/mol. The number of hydrogen-bond donors (Lipinski definition) is 0. The van der Waals surface area contributed by atoms with Crippen LogP contribution in [0.3, 0.4) is 0 Å². The standard InChI is InChI=1S/C13H15ClO/c1-7(14)12-9-5-6-10(12)13-8(9)3-2-4-11(13)15/h2,4,8-10,13H,3,5-6H2,1H3/b12-7+/t8?,9-,10-,13?/m0/s1. The van der Waals surface area contributed by atoms with Crippen molar-refractivity contribution in [3.8, 4) is 0 Å². The summed E-state index contributed by atoms with van der Waals surface area (Å²) in [5.41, 5.74) is 1.41. The largest absolute Gasteiger partial charge is 0.295 e. The highest BCUT2D eigenvalue weighted by Crippen LogP contribution is 2.59. The van der Waals surface area contributed by atoms with Crippen LogP contribution < -0.4 is 0 Å². The summed E-state index contributed by atoms with van der Waals surface area (Å²) in [5.74, 6) is 2.23. The van der Waals surface area contributed by atoms with Gasteiger partial charge in [-0.3, -0.25) is 4.79 Å². The topological polar surface area (TPSA) is 17.1 Å². The summed E-state index contributed by atoms with van der Waals surface area (Å²) in [6.45, 7) is 1.98. The lowest BCUT2D eigenvalue weighted by atomic mass is 9.73. The third-order valence-corrected chi connectivity index (χ3v) is 4.63. The quantitative estimate of drug-likeness (QED) is 0.615. The average Bonchev–Trinajstić information content (AvgIpc) is 2.73. The lowest BCUT2D eigenvalue weighted by Gasteiger charge is -2.30. The van der Waals surface area contributed by atoms with Crippen LogP contribution in [-0.2, 0) is 4.79 Å². The Morgan fingerprint density at radius 2 is 2.13 bits per heavy atom. The van der Waals surface area contributed by atoms with Crippen molar-refractivity contribution in [3.63, 3.8) is 0 Å². The van der Waals surface area contributed by atoms with Gasteiger partial charge in [0.1, 0.15) is 0 Å². The van der Waals surface area contributed by atoms with Crippen molar-refractivity contribution in [1.82, 2.24) is 0 Å². The SMILES string of the molecule is C/C(Cl)=C1/[C@H]2CC[C@@H]1C1C(=O)C=CCC12. The van der Waals surface area contributed by atoms with E-state index in [0.29, 0.717) is 23.5 Å². The number of fused-ring (bicyclic) bond motifs is 5. The summed E-state index contributed by atoms with van der Waals surface area (Å²) in [6.07, 6.45) is 7.32. The van der Waals surface area contributed by atoms with E-state index in [-0.39, 0.29) is 5.92 Å². The van der Waals surface area contributed by atoms with Crippen LogP contribution in [0.25, 0.3) is 0 Å². The molecule has 2 bridgehead atoms. The third-order valence-electron chi connectivity index (χ3n) is 4.42. The lowest BCUT2D eigenvalue weighted by molar-refractivity contribution is -0.121. The van der Waals surface area contributed by atoms with Crippen LogP contribution in [0, 0.1) is 23.7 Å². The summed E-state index contributed by atoms with van der Waals surface area (Å²) in [6, 6.07) is 0. The van der Waals surface area contributed by atoms with Gasteiger partial charge < -0.3 is 0 Å². The second kappa shape index (κ2) is 3.21. The van der Waals surface area contributed by atoms with Gasteiger partial charge in [-0.1, -0.05) is 17.7 Å². The second-order valence-electron chi connectivity index (χ2n) is 5.01. The summed E-state index contributed by atoms with van der Waals surface area (Å²) in [7, 11) is 0. The number of rotatable bonds is 0. The van der Waals surface area contributed by atoms with Crippen LogP contribution >= 0.6 is 11.6 Å². The molecule has 3 aliphatic carbocycles. The minimum absolute atomic E-state index is 0.262. The zero-order valence-electron chi connectivity index (χ0n) is 8.87. The Hall–Kier alpha value is -0.560. The van der Waals surface area contributed by atoms with E-state index in [9.17, 15) is 4.79 Å². The Morgan fingerprint density at radius 1 is 1.40 bits per heavy atom. The molecule has 4 atom stereocenters. The monoisotopic (exact) mass is 222 g/mol. The molecule has 1 nitrogen and oxygen atoms in total. The summed E-state index contributed by atoms with van der Waals surface area (Å²) < 4.78 is 0. The first-order chi connectivity index (χ1) is 7.20.